The fraction of sp³-hybridized carbons (Fsp3) is 0.217. The number of nitro benzene ring substituents is 1. The Hall–Kier alpha value is -3.58. The Morgan fingerprint density at radius 1 is 1.07 bits per heavy atom. The van der Waals surface area contributed by atoms with Gasteiger partial charge >= 0.3 is 0 Å². The highest BCUT2D eigenvalue weighted by atomic mass is 16.6. The maximum Gasteiger partial charge on any atom is 0.269 e. The summed E-state index contributed by atoms with van der Waals surface area (Å²) in [7, 11) is 1.64. The van der Waals surface area contributed by atoms with Gasteiger partial charge in [-0.3, -0.25) is 15.0 Å². The molecule has 0 saturated carbocycles. The van der Waals surface area contributed by atoms with Crippen molar-refractivity contribution in [3.8, 4) is 11.5 Å². The van der Waals surface area contributed by atoms with Crippen LogP contribution in [-0.2, 0) is 6.54 Å². The second-order valence-electron chi connectivity index (χ2n) is 7.22. The van der Waals surface area contributed by atoms with Gasteiger partial charge in [-0.2, -0.15) is 0 Å². The number of hydrogen-bond acceptors (Lipinski definition) is 6. The van der Waals surface area contributed by atoms with Crippen molar-refractivity contribution >= 4 is 11.4 Å². The summed E-state index contributed by atoms with van der Waals surface area (Å²) in [4.78, 5) is 15.2. The Balaban J connectivity index is 1.71. The van der Waals surface area contributed by atoms with Crippen LogP contribution < -0.4 is 9.64 Å². The zero-order valence-electron chi connectivity index (χ0n) is 16.6. The van der Waals surface area contributed by atoms with Gasteiger partial charge in [-0.25, -0.2) is 0 Å². The number of para-hydroxylation sites is 1. The number of rotatable bonds is 6. The van der Waals surface area contributed by atoms with Gasteiger partial charge in [0, 0.05) is 49.1 Å². The summed E-state index contributed by atoms with van der Waals surface area (Å²) in [5.74, 6) is 1.04. The van der Waals surface area contributed by atoms with E-state index in [0.29, 0.717) is 6.54 Å². The molecule has 3 aromatic carbocycles. The molecule has 1 aliphatic heterocycles. The van der Waals surface area contributed by atoms with E-state index in [2.05, 4.69) is 9.80 Å². The summed E-state index contributed by atoms with van der Waals surface area (Å²) in [5, 5.41) is 21.3. The monoisotopic (exact) mass is 405 g/mol. The lowest BCUT2D eigenvalue weighted by molar-refractivity contribution is -0.384. The van der Waals surface area contributed by atoms with Crippen molar-refractivity contribution in [3.05, 3.63) is 94.0 Å². The molecule has 1 N–H and O–H groups in total. The number of nitrogens with zero attached hydrogens (tertiary/aromatic N) is 3. The molecular weight excluding hydrogens is 382 g/mol. The van der Waals surface area contributed by atoms with E-state index in [1.807, 2.05) is 36.4 Å². The minimum Gasteiger partial charge on any atom is -0.508 e. The Kier molecular flexibility index (Phi) is 5.54. The maximum absolute atomic E-state index is 11.1. The molecule has 30 heavy (non-hydrogen) atoms. The van der Waals surface area contributed by atoms with E-state index in [9.17, 15) is 15.2 Å². The molecule has 1 atom stereocenters. The number of aromatic hydroxyl groups is 1. The molecule has 1 unspecified atom stereocenters. The average Bonchev–Trinajstić information content (AvgIpc) is 3.19. The molecule has 0 bridgehead atoms. The van der Waals surface area contributed by atoms with Crippen molar-refractivity contribution in [2.45, 2.75) is 12.7 Å². The van der Waals surface area contributed by atoms with Crippen molar-refractivity contribution in [1.29, 1.82) is 0 Å². The highest BCUT2D eigenvalue weighted by Gasteiger charge is 2.34. The fourth-order valence-electron chi connectivity index (χ4n) is 3.93. The van der Waals surface area contributed by atoms with Crippen molar-refractivity contribution in [1.82, 2.24) is 4.90 Å². The zero-order chi connectivity index (χ0) is 21.1. The van der Waals surface area contributed by atoms with Crippen LogP contribution in [-0.4, -0.2) is 35.1 Å². The fourth-order valence-corrected chi connectivity index (χ4v) is 3.93. The summed E-state index contributed by atoms with van der Waals surface area (Å²) < 4.78 is 5.39. The minimum atomic E-state index is -0.391. The quantitative estimate of drug-likeness (QED) is 0.486. The maximum atomic E-state index is 11.1. The van der Waals surface area contributed by atoms with Crippen molar-refractivity contribution in [2.24, 2.45) is 0 Å². The summed E-state index contributed by atoms with van der Waals surface area (Å²) in [6.45, 7) is 2.13. The highest BCUT2D eigenvalue weighted by molar-refractivity contribution is 5.54. The van der Waals surface area contributed by atoms with Crippen molar-refractivity contribution in [2.75, 3.05) is 25.1 Å². The van der Waals surface area contributed by atoms with E-state index in [1.165, 1.54) is 12.1 Å². The SMILES string of the molecule is COc1cccc(N2CCN(Cc3ccccc3O)C2c2ccc([N+](=O)[O-])cc2)c1. The van der Waals surface area contributed by atoms with Gasteiger partial charge in [0.1, 0.15) is 17.7 Å². The van der Waals surface area contributed by atoms with Gasteiger partial charge in [0.2, 0.25) is 0 Å². The molecule has 0 amide bonds. The number of methoxy groups -OCH3 is 1. The molecule has 0 aliphatic carbocycles. The van der Waals surface area contributed by atoms with Crippen LogP contribution in [0.15, 0.2) is 72.8 Å². The molecule has 1 fully saturated rings. The second kappa shape index (κ2) is 8.42. The van der Waals surface area contributed by atoms with Gasteiger partial charge in [0.05, 0.1) is 12.0 Å². The molecule has 154 valence electrons. The Labute approximate surface area is 174 Å². The smallest absolute Gasteiger partial charge is 0.269 e. The van der Waals surface area contributed by atoms with Crippen LogP contribution in [0.5, 0.6) is 11.5 Å². The number of nitro groups is 1. The molecule has 1 saturated heterocycles. The van der Waals surface area contributed by atoms with Gasteiger partial charge in [0.15, 0.2) is 0 Å². The zero-order valence-corrected chi connectivity index (χ0v) is 16.6. The van der Waals surface area contributed by atoms with Crippen LogP contribution in [0.3, 0.4) is 0 Å². The molecule has 0 spiro atoms. The van der Waals surface area contributed by atoms with E-state index in [-0.39, 0.29) is 17.6 Å². The third kappa shape index (κ3) is 3.92. The van der Waals surface area contributed by atoms with Crippen molar-refractivity contribution in [3.63, 3.8) is 0 Å². The molecule has 0 aromatic heterocycles. The molecule has 0 radical (unpaired) electrons. The summed E-state index contributed by atoms with van der Waals surface area (Å²) >= 11 is 0. The van der Waals surface area contributed by atoms with Gasteiger partial charge in [-0.15, -0.1) is 0 Å². The molecule has 7 nitrogen and oxygen atoms in total. The molecular formula is C23H23N3O4. The van der Waals surface area contributed by atoms with Gasteiger partial charge in [-0.1, -0.05) is 24.3 Å². The standard InChI is InChI=1S/C23H23N3O4/c1-30-21-7-4-6-20(15-21)25-14-13-24(16-18-5-2-3-8-22(18)27)23(25)17-9-11-19(12-10-17)26(28)29/h2-12,15,23,27H,13-14,16H2,1H3. The molecule has 4 rings (SSSR count). The van der Waals surface area contributed by atoms with Crippen LogP contribution in [0.1, 0.15) is 17.3 Å². The first-order valence-electron chi connectivity index (χ1n) is 9.73. The first-order chi connectivity index (χ1) is 14.6. The highest BCUT2D eigenvalue weighted by Crippen LogP contribution is 2.37. The third-order valence-corrected chi connectivity index (χ3v) is 5.42. The summed E-state index contributed by atoms with van der Waals surface area (Å²) in [5.41, 5.74) is 2.88. The Morgan fingerprint density at radius 2 is 1.83 bits per heavy atom. The van der Waals surface area contributed by atoms with E-state index in [4.69, 9.17) is 4.74 Å². The predicted molar refractivity (Wildman–Crippen MR) is 115 cm³/mol. The molecule has 3 aromatic rings. The second-order valence-corrected chi connectivity index (χ2v) is 7.22. The first kappa shape index (κ1) is 19.7. The van der Waals surface area contributed by atoms with Crippen LogP contribution >= 0.6 is 0 Å². The number of ether oxygens (including phenoxy) is 1. The number of non-ortho nitro benzene ring substituents is 1. The lowest BCUT2D eigenvalue weighted by Crippen LogP contribution is -2.30. The van der Waals surface area contributed by atoms with E-state index in [0.717, 1.165) is 35.7 Å². The molecule has 1 aliphatic rings. The third-order valence-electron chi connectivity index (χ3n) is 5.42. The largest absolute Gasteiger partial charge is 0.508 e. The van der Waals surface area contributed by atoms with Crippen LogP contribution in [0.4, 0.5) is 11.4 Å². The van der Waals surface area contributed by atoms with E-state index < -0.39 is 4.92 Å². The predicted octanol–water partition coefficient (Wildman–Crippen LogP) is 4.33. The number of phenolic OH excluding ortho intramolecular Hbond substituents is 1. The number of hydrogen-bond donors (Lipinski definition) is 1. The van der Waals surface area contributed by atoms with E-state index in [1.54, 1.807) is 31.4 Å². The normalized spacial score (nSPS) is 16.6. The van der Waals surface area contributed by atoms with Gasteiger partial charge in [-0.05, 0) is 35.9 Å². The Morgan fingerprint density at radius 3 is 2.53 bits per heavy atom. The lowest BCUT2D eigenvalue weighted by atomic mass is 10.1. The van der Waals surface area contributed by atoms with E-state index >= 15 is 0 Å². The summed E-state index contributed by atoms with van der Waals surface area (Å²) in [6.07, 6.45) is -0.127. The Bertz CT molecular complexity index is 1040. The average molecular weight is 405 g/mol. The van der Waals surface area contributed by atoms with Crippen LogP contribution in [0.2, 0.25) is 0 Å². The van der Waals surface area contributed by atoms with Crippen LogP contribution in [0.25, 0.3) is 0 Å². The topological polar surface area (TPSA) is 79.1 Å². The number of anilines is 1. The molecule has 7 heteroatoms. The van der Waals surface area contributed by atoms with Crippen molar-refractivity contribution < 1.29 is 14.8 Å². The van der Waals surface area contributed by atoms with Crippen LogP contribution in [0, 0.1) is 10.1 Å². The van der Waals surface area contributed by atoms with Gasteiger partial charge < -0.3 is 14.7 Å². The molecule has 1 heterocycles. The first-order valence-corrected chi connectivity index (χ1v) is 9.73. The van der Waals surface area contributed by atoms with Gasteiger partial charge in [0.25, 0.3) is 5.69 Å². The number of benzene rings is 3. The lowest BCUT2D eigenvalue weighted by Gasteiger charge is -2.32. The number of phenols is 1. The summed E-state index contributed by atoms with van der Waals surface area (Å²) in [6, 6.07) is 21.9. The minimum absolute atomic E-state index is 0.0666.